The van der Waals surface area contributed by atoms with E-state index >= 15 is 0 Å². The van der Waals surface area contributed by atoms with E-state index in [4.69, 9.17) is 29.6 Å². The van der Waals surface area contributed by atoms with Crippen molar-refractivity contribution >= 4 is 44.6 Å². The van der Waals surface area contributed by atoms with Gasteiger partial charge in [-0.25, -0.2) is 13.4 Å². The van der Waals surface area contributed by atoms with Crippen LogP contribution in [-0.4, -0.2) is 18.4 Å². The second kappa shape index (κ2) is 6.38. The number of nitrogens with two attached hydrogens (primary N) is 1. The number of nitrogens with zero attached hydrogens (tertiary/aromatic N) is 1. The van der Waals surface area contributed by atoms with Crippen LogP contribution in [0.5, 0.6) is 0 Å². The lowest BCUT2D eigenvalue weighted by atomic mass is 10.1. The number of thiocarbonyl (C=S) groups is 1. The fourth-order valence-corrected chi connectivity index (χ4v) is 3.03. The van der Waals surface area contributed by atoms with E-state index in [9.17, 15) is 8.42 Å². The lowest BCUT2D eigenvalue weighted by molar-refractivity contribution is 0.600. The molecule has 1 aromatic carbocycles. The van der Waals surface area contributed by atoms with Crippen LogP contribution in [0.2, 0.25) is 5.02 Å². The molecule has 0 saturated heterocycles. The van der Waals surface area contributed by atoms with Gasteiger partial charge in [-0.15, -0.1) is 0 Å². The molecule has 8 heteroatoms. The molecule has 0 saturated carbocycles. The van der Waals surface area contributed by atoms with E-state index in [1.165, 1.54) is 12.3 Å². The zero-order valence-electron chi connectivity index (χ0n) is 10.8. The minimum Gasteiger partial charge on any atom is -0.389 e. The highest BCUT2D eigenvalue weighted by atomic mass is 35.5. The van der Waals surface area contributed by atoms with Gasteiger partial charge in [-0.1, -0.05) is 42.0 Å². The van der Waals surface area contributed by atoms with Gasteiger partial charge < -0.3 is 5.73 Å². The lowest BCUT2D eigenvalue weighted by Crippen LogP contribution is -2.16. The number of hydrogen-bond acceptors (Lipinski definition) is 4. The smallest absolute Gasteiger partial charge is 0.238 e. The lowest BCUT2D eigenvalue weighted by Gasteiger charge is -2.08. The number of halogens is 1. The van der Waals surface area contributed by atoms with Crippen molar-refractivity contribution in [1.29, 1.82) is 0 Å². The number of sulfonamides is 1. The van der Waals surface area contributed by atoms with Gasteiger partial charge in [0.1, 0.15) is 10.8 Å². The Bertz CT molecular complexity index is 761. The molecule has 0 unspecified atom stereocenters. The summed E-state index contributed by atoms with van der Waals surface area (Å²) in [5, 5.41) is 0.433. The Morgan fingerprint density at radius 3 is 2.71 bits per heavy atom. The van der Waals surface area contributed by atoms with E-state index in [0.29, 0.717) is 16.1 Å². The first-order valence-electron chi connectivity index (χ1n) is 5.86. The van der Waals surface area contributed by atoms with Crippen molar-refractivity contribution in [2.24, 2.45) is 5.73 Å². The van der Waals surface area contributed by atoms with E-state index in [1.54, 1.807) is 30.3 Å². The van der Waals surface area contributed by atoms with Gasteiger partial charge in [0.15, 0.2) is 0 Å². The third-order valence-electron chi connectivity index (χ3n) is 2.56. The minimum atomic E-state index is -3.58. The van der Waals surface area contributed by atoms with Gasteiger partial charge in [0.2, 0.25) is 10.0 Å². The van der Waals surface area contributed by atoms with Crippen LogP contribution in [0.25, 0.3) is 0 Å². The number of benzene rings is 1. The summed E-state index contributed by atoms with van der Waals surface area (Å²) in [4.78, 5) is 4.11. The highest BCUT2D eigenvalue weighted by Gasteiger charge is 2.13. The van der Waals surface area contributed by atoms with Crippen LogP contribution in [0.1, 0.15) is 11.1 Å². The average Bonchev–Trinajstić information content (AvgIpc) is 2.41. The van der Waals surface area contributed by atoms with E-state index in [1.807, 2.05) is 0 Å². The second-order valence-electron chi connectivity index (χ2n) is 4.29. The van der Waals surface area contributed by atoms with Gasteiger partial charge in [0.05, 0.1) is 10.8 Å². The molecule has 0 radical (unpaired) electrons. The van der Waals surface area contributed by atoms with Crippen LogP contribution in [0.15, 0.2) is 42.6 Å². The molecular weight excluding hydrogens is 330 g/mol. The first-order valence-corrected chi connectivity index (χ1v) is 8.30. The maximum absolute atomic E-state index is 12.1. The maximum atomic E-state index is 12.1. The minimum absolute atomic E-state index is 0.201. The SMILES string of the molecule is NC(=S)c1cccc(CS(=O)(=O)Nc2ccc(Cl)cn2)c1. The van der Waals surface area contributed by atoms with Gasteiger partial charge >= 0.3 is 0 Å². The summed E-state index contributed by atoms with van der Waals surface area (Å²) in [6, 6.07) is 9.82. The summed E-state index contributed by atoms with van der Waals surface area (Å²) in [5.74, 6) is 0.0122. The standard InChI is InChI=1S/C13H12ClN3O2S2/c14-11-4-5-12(16-7-11)17-21(18,19)8-9-2-1-3-10(6-9)13(15)20/h1-7H,8H2,(H2,15,20)(H,16,17). The number of rotatable bonds is 5. The molecule has 2 aromatic rings. The normalized spacial score (nSPS) is 11.1. The highest BCUT2D eigenvalue weighted by Crippen LogP contribution is 2.14. The van der Waals surface area contributed by atoms with E-state index in [0.717, 1.165) is 0 Å². The molecule has 0 bridgehead atoms. The molecule has 2 rings (SSSR count). The quantitative estimate of drug-likeness (QED) is 0.815. The molecule has 0 aliphatic carbocycles. The third-order valence-corrected chi connectivity index (χ3v) is 4.25. The van der Waals surface area contributed by atoms with Gasteiger partial charge in [-0.2, -0.15) is 0 Å². The van der Waals surface area contributed by atoms with Gasteiger partial charge in [-0.3, -0.25) is 4.72 Å². The summed E-state index contributed by atoms with van der Waals surface area (Å²) in [7, 11) is -3.58. The second-order valence-corrected chi connectivity index (χ2v) is 6.89. The Labute approximate surface area is 133 Å². The van der Waals surface area contributed by atoms with Crippen molar-refractivity contribution in [3.8, 4) is 0 Å². The summed E-state index contributed by atoms with van der Waals surface area (Å²) in [6.45, 7) is 0. The zero-order chi connectivity index (χ0) is 15.5. The average molecular weight is 342 g/mol. The van der Waals surface area contributed by atoms with Gasteiger partial charge in [-0.05, 0) is 23.8 Å². The van der Waals surface area contributed by atoms with Gasteiger partial charge in [0.25, 0.3) is 0 Å². The van der Waals surface area contributed by atoms with Crippen molar-refractivity contribution < 1.29 is 8.42 Å². The summed E-state index contributed by atoms with van der Waals surface area (Å²) >= 11 is 10.6. The molecule has 0 atom stereocenters. The summed E-state index contributed by atoms with van der Waals surface area (Å²) in [6.07, 6.45) is 1.37. The Kier molecular flexibility index (Phi) is 4.76. The first kappa shape index (κ1) is 15.7. The highest BCUT2D eigenvalue weighted by molar-refractivity contribution is 7.91. The Hall–Kier alpha value is -1.70. The van der Waals surface area contributed by atoms with E-state index < -0.39 is 10.0 Å². The number of nitrogens with one attached hydrogen (secondary N) is 1. The summed E-state index contributed by atoms with van der Waals surface area (Å²) < 4.78 is 26.6. The molecule has 0 amide bonds. The largest absolute Gasteiger partial charge is 0.389 e. The summed E-state index contributed by atoms with van der Waals surface area (Å²) in [5.41, 5.74) is 6.74. The van der Waals surface area contributed by atoms with Crippen molar-refractivity contribution in [3.05, 3.63) is 58.7 Å². The predicted molar refractivity (Wildman–Crippen MR) is 87.8 cm³/mol. The molecule has 21 heavy (non-hydrogen) atoms. The molecule has 0 aliphatic rings. The van der Waals surface area contributed by atoms with Crippen molar-refractivity contribution in [1.82, 2.24) is 4.98 Å². The molecular formula is C13H12ClN3O2S2. The van der Waals surface area contributed by atoms with Crippen LogP contribution in [0.3, 0.4) is 0 Å². The molecule has 0 spiro atoms. The van der Waals surface area contributed by atoms with Crippen molar-refractivity contribution in [2.45, 2.75) is 5.75 Å². The Morgan fingerprint density at radius 2 is 2.10 bits per heavy atom. The molecule has 1 heterocycles. The topological polar surface area (TPSA) is 85.1 Å². The third kappa shape index (κ3) is 4.66. The fraction of sp³-hybridized carbons (Fsp3) is 0.0769. The Morgan fingerprint density at radius 1 is 1.33 bits per heavy atom. The predicted octanol–water partition coefficient (Wildman–Crippen LogP) is 2.31. The molecule has 1 aromatic heterocycles. The molecule has 0 aliphatic heterocycles. The van der Waals surface area contributed by atoms with Crippen LogP contribution in [0.4, 0.5) is 5.82 Å². The molecule has 110 valence electrons. The first-order chi connectivity index (χ1) is 9.85. The van der Waals surface area contributed by atoms with Crippen LogP contribution >= 0.6 is 23.8 Å². The van der Waals surface area contributed by atoms with Crippen molar-refractivity contribution in [3.63, 3.8) is 0 Å². The van der Waals surface area contributed by atoms with E-state index in [2.05, 4.69) is 9.71 Å². The number of hydrogen-bond donors (Lipinski definition) is 2. The molecule has 0 fully saturated rings. The molecule has 5 nitrogen and oxygen atoms in total. The zero-order valence-corrected chi connectivity index (χ0v) is 13.2. The number of anilines is 1. The monoisotopic (exact) mass is 341 g/mol. The Balaban J connectivity index is 2.15. The van der Waals surface area contributed by atoms with Gasteiger partial charge in [0, 0.05) is 11.8 Å². The van der Waals surface area contributed by atoms with Crippen LogP contribution in [0, 0.1) is 0 Å². The van der Waals surface area contributed by atoms with Crippen molar-refractivity contribution in [2.75, 3.05) is 4.72 Å². The van der Waals surface area contributed by atoms with E-state index in [-0.39, 0.29) is 16.6 Å². The van der Waals surface area contributed by atoms with Crippen LogP contribution < -0.4 is 10.5 Å². The van der Waals surface area contributed by atoms with Crippen LogP contribution in [-0.2, 0) is 15.8 Å². The fourth-order valence-electron chi connectivity index (χ4n) is 1.67. The number of pyridine rings is 1. The number of aromatic nitrogens is 1. The maximum Gasteiger partial charge on any atom is 0.238 e. The molecule has 3 N–H and O–H groups in total.